The summed E-state index contributed by atoms with van der Waals surface area (Å²) in [6, 6.07) is 1.89. The van der Waals surface area contributed by atoms with Crippen LogP contribution in [0.25, 0.3) is 0 Å². The van der Waals surface area contributed by atoms with Gasteiger partial charge in [-0.15, -0.1) is 11.3 Å². The number of nitrogens with two attached hydrogens (primary N) is 1. The van der Waals surface area contributed by atoms with Crippen molar-refractivity contribution in [2.24, 2.45) is 0 Å². The number of anilines is 1. The number of thiophene rings is 1. The van der Waals surface area contributed by atoms with Gasteiger partial charge < -0.3 is 5.73 Å². The fraction of sp³-hybridized carbons (Fsp3) is 0.444. The molecule has 0 aliphatic rings. The molecule has 0 aliphatic carbocycles. The Morgan fingerprint density at radius 2 is 2.17 bits per heavy atom. The second-order valence-electron chi connectivity index (χ2n) is 3.14. The van der Waals surface area contributed by atoms with Gasteiger partial charge in [0.1, 0.15) is 0 Å². The molecule has 1 rings (SSSR count). The highest BCUT2D eigenvalue weighted by molar-refractivity contribution is 7.14. The Bertz CT molecular complexity index is 301. The molecule has 0 aromatic carbocycles. The molecule has 0 bridgehead atoms. The maximum absolute atomic E-state index is 11.0. The normalized spacial score (nSPS) is 10.7. The third-order valence-corrected chi connectivity index (χ3v) is 3.22. The van der Waals surface area contributed by atoms with E-state index in [1.807, 2.05) is 6.07 Å². The molecule has 2 N–H and O–H groups in total. The lowest BCUT2D eigenvalue weighted by molar-refractivity contribution is 0.102. The Kier molecular flexibility index (Phi) is 2.52. The molecule has 1 aromatic rings. The van der Waals surface area contributed by atoms with Gasteiger partial charge in [-0.05, 0) is 12.0 Å². The predicted octanol–water partition coefficient (Wildman–Crippen LogP) is 2.66. The molecular weight excluding hydrogens is 170 g/mol. The zero-order chi connectivity index (χ0) is 9.30. The van der Waals surface area contributed by atoms with Gasteiger partial charge >= 0.3 is 0 Å². The minimum atomic E-state index is 0.0596. The second kappa shape index (κ2) is 3.27. The molecule has 0 amide bonds. The van der Waals surface area contributed by atoms with Crippen LogP contribution in [0.2, 0.25) is 0 Å². The molecule has 3 heteroatoms. The van der Waals surface area contributed by atoms with E-state index in [0.29, 0.717) is 16.5 Å². The van der Waals surface area contributed by atoms with E-state index in [0.717, 1.165) is 0 Å². The number of nitrogen functional groups attached to an aromatic ring is 1. The van der Waals surface area contributed by atoms with Crippen LogP contribution in [0.3, 0.4) is 0 Å². The topological polar surface area (TPSA) is 43.1 Å². The van der Waals surface area contributed by atoms with Crippen LogP contribution in [0.1, 0.15) is 41.2 Å². The minimum Gasteiger partial charge on any atom is -0.397 e. The maximum Gasteiger partial charge on any atom is 0.171 e. The average Bonchev–Trinajstić information content (AvgIpc) is 2.30. The first kappa shape index (κ1) is 9.26. The monoisotopic (exact) mass is 183 g/mol. The van der Waals surface area contributed by atoms with E-state index in [-0.39, 0.29) is 5.78 Å². The number of rotatable bonds is 2. The third kappa shape index (κ3) is 1.67. The summed E-state index contributed by atoms with van der Waals surface area (Å²) in [6.45, 7) is 5.73. The summed E-state index contributed by atoms with van der Waals surface area (Å²) in [5.41, 5.74) is 6.29. The highest BCUT2D eigenvalue weighted by Gasteiger charge is 2.11. The van der Waals surface area contributed by atoms with E-state index in [2.05, 4.69) is 13.8 Å². The van der Waals surface area contributed by atoms with Crippen LogP contribution in [-0.2, 0) is 0 Å². The van der Waals surface area contributed by atoms with Crippen LogP contribution in [0.15, 0.2) is 6.07 Å². The van der Waals surface area contributed by atoms with Gasteiger partial charge in [-0.2, -0.15) is 0 Å². The second-order valence-corrected chi connectivity index (χ2v) is 4.23. The van der Waals surface area contributed by atoms with Gasteiger partial charge in [0, 0.05) is 11.8 Å². The molecule has 0 radical (unpaired) electrons. The smallest absolute Gasteiger partial charge is 0.171 e. The van der Waals surface area contributed by atoms with Gasteiger partial charge in [0.05, 0.1) is 10.6 Å². The van der Waals surface area contributed by atoms with Crippen molar-refractivity contribution in [1.29, 1.82) is 0 Å². The molecule has 0 saturated carbocycles. The standard InChI is InChI=1S/C9H13NOS/c1-5(2)8-4-7(10)9(12-8)6(3)11/h4-5H,10H2,1-3H3. The highest BCUT2D eigenvalue weighted by atomic mass is 32.1. The van der Waals surface area contributed by atoms with E-state index in [1.54, 1.807) is 6.92 Å². The van der Waals surface area contributed by atoms with Crippen molar-refractivity contribution in [3.8, 4) is 0 Å². The Hall–Kier alpha value is -0.830. The van der Waals surface area contributed by atoms with Crippen molar-refractivity contribution in [3.05, 3.63) is 15.8 Å². The van der Waals surface area contributed by atoms with Crippen molar-refractivity contribution in [2.75, 3.05) is 5.73 Å². The van der Waals surface area contributed by atoms with Crippen molar-refractivity contribution in [1.82, 2.24) is 0 Å². The van der Waals surface area contributed by atoms with Gasteiger partial charge in [0.15, 0.2) is 5.78 Å². The highest BCUT2D eigenvalue weighted by Crippen LogP contribution is 2.30. The Morgan fingerprint density at radius 3 is 2.42 bits per heavy atom. The summed E-state index contributed by atoms with van der Waals surface area (Å²) < 4.78 is 0. The van der Waals surface area contributed by atoms with Gasteiger partial charge in [0.2, 0.25) is 0 Å². The lowest BCUT2D eigenvalue weighted by atomic mass is 10.2. The first-order valence-corrected chi connectivity index (χ1v) is 4.74. The van der Waals surface area contributed by atoms with Crippen LogP contribution in [0.5, 0.6) is 0 Å². The Morgan fingerprint density at radius 1 is 1.58 bits per heavy atom. The van der Waals surface area contributed by atoms with Gasteiger partial charge in [0.25, 0.3) is 0 Å². The third-order valence-electron chi connectivity index (χ3n) is 1.67. The summed E-state index contributed by atoms with van der Waals surface area (Å²) in [7, 11) is 0. The van der Waals surface area contributed by atoms with Gasteiger partial charge in [-0.3, -0.25) is 4.79 Å². The van der Waals surface area contributed by atoms with Crippen LogP contribution in [0, 0.1) is 0 Å². The first-order valence-electron chi connectivity index (χ1n) is 3.92. The van der Waals surface area contributed by atoms with E-state index in [1.165, 1.54) is 16.2 Å². The SMILES string of the molecule is CC(=O)c1sc(C(C)C)cc1N. The fourth-order valence-electron chi connectivity index (χ4n) is 0.985. The van der Waals surface area contributed by atoms with E-state index in [4.69, 9.17) is 5.73 Å². The lowest BCUT2D eigenvalue weighted by Gasteiger charge is -1.96. The molecule has 1 aromatic heterocycles. The number of carbonyl (C=O) groups is 1. The molecule has 0 spiro atoms. The van der Waals surface area contributed by atoms with Crippen molar-refractivity contribution in [2.45, 2.75) is 26.7 Å². The molecule has 66 valence electrons. The van der Waals surface area contributed by atoms with Crippen LogP contribution < -0.4 is 5.73 Å². The number of hydrogen-bond acceptors (Lipinski definition) is 3. The molecule has 0 unspecified atom stereocenters. The Balaban J connectivity index is 3.09. The first-order chi connectivity index (χ1) is 5.52. The fourth-order valence-corrected chi connectivity index (χ4v) is 1.96. The summed E-state index contributed by atoms with van der Waals surface area (Å²) >= 11 is 1.50. The molecule has 0 saturated heterocycles. The minimum absolute atomic E-state index is 0.0596. The lowest BCUT2D eigenvalue weighted by Crippen LogP contribution is -1.92. The maximum atomic E-state index is 11.0. The molecular formula is C9H13NOS. The molecule has 0 fully saturated rings. The van der Waals surface area contributed by atoms with Crippen LogP contribution >= 0.6 is 11.3 Å². The zero-order valence-corrected chi connectivity index (χ0v) is 8.37. The molecule has 1 heterocycles. The average molecular weight is 183 g/mol. The molecule has 12 heavy (non-hydrogen) atoms. The summed E-state index contributed by atoms with van der Waals surface area (Å²) in [5, 5.41) is 0. The van der Waals surface area contributed by atoms with Gasteiger partial charge in [-0.1, -0.05) is 13.8 Å². The van der Waals surface area contributed by atoms with Crippen molar-refractivity contribution in [3.63, 3.8) is 0 Å². The zero-order valence-electron chi connectivity index (χ0n) is 7.55. The van der Waals surface area contributed by atoms with Crippen LogP contribution in [0.4, 0.5) is 5.69 Å². The molecule has 0 aliphatic heterocycles. The van der Waals surface area contributed by atoms with Gasteiger partial charge in [-0.25, -0.2) is 0 Å². The summed E-state index contributed by atoms with van der Waals surface area (Å²) in [5.74, 6) is 0.509. The van der Waals surface area contributed by atoms with Crippen molar-refractivity contribution < 1.29 is 4.79 Å². The quantitative estimate of drug-likeness (QED) is 0.716. The largest absolute Gasteiger partial charge is 0.397 e. The number of carbonyl (C=O) groups excluding carboxylic acids is 1. The molecule has 2 nitrogen and oxygen atoms in total. The molecule has 0 atom stereocenters. The summed E-state index contributed by atoms with van der Waals surface area (Å²) in [6.07, 6.45) is 0. The van der Waals surface area contributed by atoms with E-state index >= 15 is 0 Å². The number of hydrogen-bond donors (Lipinski definition) is 1. The van der Waals surface area contributed by atoms with E-state index < -0.39 is 0 Å². The summed E-state index contributed by atoms with van der Waals surface area (Å²) in [4.78, 5) is 12.9. The number of Topliss-reactive ketones (excluding diaryl/α,β-unsaturated/α-hetero) is 1. The van der Waals surface area contributed by atoms with Crippen molar-refractivity contribution >= 4 is 22.8 Å². The van der Waals surface area contributed by atoms with E-state index in [9.17, 15) is 4.79 Å². The number of ketones is 1. The van der Waals surface area contributed by atoms with Crippen LogP contribution in [-0.4, -0.2) is 5.78 Å². The predicted molar refractivity (Wildman–Crippen MR) is 52.8 cm³/mol. The Labute approximate surface area is 76.4 Å².